The first-order valence-electron chi connectivity index (χ1n) is 8.00. The normalized spacial score (nSPS) is 14.2. The van der Waals surface area contributed by atoms with Crippen LogP contribution in [0, 0.1) is 0 Å². The van der Waals surface area contributed by atoms with Crippen molar-refractivity contribution < 1.29 is 14.4 Å². The molecule has 1 aliphatic rings. The summed E-state index contributed by atoms with van der Waals surface area (Å²) in [5.41, 5.74) is 0.701. The zero-order valence-corrected chi connectivity index (χ0v) is 14.8. The SMILES string of the molecule is CCCCC(=O)N(C)CC(=O)N1CC(=O)N(c2ccc(Cl)cc2)C1. The Morgan fingerprint density at radius 3 is 2.54 bits per heavy atom. The zero-order chi connectivity index (χ0) is 17.7. The lowest BCUT2D eigenvalue weighted by atomic mass is 10.2. The summed E-state index contributed by atoms with van der Waals surface area (Å²) < 4.78 is 0. The number of halogens is 1. The second-order valence-electron chi connectivity index (χ2n) is 5.88. The summed E-state index contributed by atoms with van der Waals surface area (Å²) in [5.74, 6) is -0.428. The molecule has 2 rings (SSSR count). The Hall–Kier alpha value is -2.08. The van der Waals surface area contributed by atoms with Crippen LogP contribution in [0.2, 0.25) is 5.02 Å². The van der Waals surface area contributed by atoms with Crippen LogP contribution in [0.15, 0.2) is 24.3 Å². The van der Waals surface area contributed by atoms with Crippen LogP contribution in [0.1, 0.15) is 26.2 Å². The van der Waals surface area contributed by atoms with Crippen molar-refractivity contribution in [2.24, 2.45) is 0 Å². The maximum absolute atomic E-state index is 12.3. The van der Waals surface area contributed by atoms with E-state index in [2.05, 4.69) is 0 Å². The van der Waals surface area contributed by atoms with Crippen molar-refractivity contribution in [3.63, 3.8) is 0 Å². The smallest absolute Gasteiger partial charge is 0.248 e. The van der Waals surface area contributed by atoms with Gasteiger partial charge in [0.1, 0.15) is 13.2 Å². The molecule has 0 aliphatic carbocycles. The summed E-state index contributed by atoms with van der Waals surface area (Å²) in [6.07, 6.45) is 2.18. The molecule has 0 radical (unpaired) electrons. The highest BCUT2D eigenvalue weighted by molar-refractivity contribution is 6.30. The van der Waals surface area contributed by atoms with Crippen LogP contribution in [-0.2, 0) is 14.4 Å². The van der Waals surface area contributed by atoms with Gasteiger partial charge in [-0.05, 0) is 30.7 Å². The molecule has 3 amide bonds. The Morgan fingerprint density at radius 2 is 1.92 bits per heavy atom. The minimum Gasteiger partial charge on any atom is -0.336 e. The number of rotatable bonds is 6. The average molecular weight is 352 g/mol. The number of carbonyl (C=O) groups excluding carboxylic acids is 3. The maximum atomic E-state index is 12.3. The number of carbonyl (C=O) groups is 3. The summed E-state index contributed by atoms with van der Waals surface area (Å²) in [4.78, 5) is 40.8. The van der Waals surface area contributed by atoms with Gasteiger partial charge in [-0.1, -0.05) is 24.9 Å². The van der Waals surface area contributed by atoms with Gasteiger partial charge in [0.25, 0.3) is 0 Å². The van der Waals surface area contributed by atoms with Crippen LogP contribution < -0.4 is 4.90 Å². The lowest BCUT2D eigenvalue weighted by Gasteiger charge is -2.22. The lowest BCUT2D eigenvalue weighted by molar-refractivity contribution is -0.139. The number of hydrogen-bond donors (Lipinski definition) is 0. The van der Waals surface area contributed by atoms with E-state index in [0.717, 1.165) is 12.8 Å². The average Bonchev–Trinajstić information content (AvgIpc) is 2.95. The Labute approximate surface area is 147 Å². The number of anilines is 1. The molecule has 6 nitrogen and oxygen atoms in total. The second kappa shape index (κ2) is 8.15. The molecule has 0 spiro atoms. The Balaban J connectivity index is 1.93. The van der Waals surface area contributed by atoms with Gasteiger partial charge in [-0.25, -0.2) is 0 Å². The van der Waals surface area contributed by atoms with Crippen molar-refractivity contribution in [2.75, 3.05) is 31.7 Å². The molecule has 7 heteroatoms. The number of benzene rings is 1. The van der Waals surface area contributed by atoms with E-state index in [1.807, 2.05) is 6.92 Å². The van der Waals surface area contributed by atoms with Gasteiger partial charge in [-0.15, -0.1) is 0 Å². The maximum Gasteiger partial charge on any atom is 0.248 e. The number of likely N-dealkylation sites (N-methyl/N-ethyl adjacent to an activating group) is 1. The predicted octanol–water partition coefficient (Wildman–Crippen LogP) is 2.12. The fourth-order valence-electron chi connectivity index (χ4n) is 2.47. The third-order valence-corrected chi connectivity index (χ3v) is 4.22. The third kappa shape index (κ3) is 4.47. The fourth-order valence-corrected chi connectivity index (χ4v) is 2.60. The molecule has 1 aliphatic heterocycles. The van der Waals surface area contributed by atoms with Crippen molar-refractivity contribution in [1.29, 1.82) is 0 Å². The van der Waals surface area contributed by atoms with E-state index < -0.39 is 0 Å². The molecule has 0 atom stereocenters. The molecule has 0 unspecified atom stereocenters. The summed E-state index contributed by atoms with van der Waals surface area (Å²) in [6, 6.07) is 6.90. The molecule has 0 N–H and O–H groups in total. The third-order valence-electron chi connectivity index (χ3n) is 3.97. The molecule has 1 saturated heterocycles. The summed E-state index contributed by atoms with van der Waals surface area (Å²) >= 11 is 5.85. The van der Waals surface area contributed by atoms with E-state index in [1.54, 1.807) is 31.3 Å². The van der Waals surface area contributed by atoms with Crippen LogP contribution in [0.25, 0.3) is 0 Å². The Morgan fingerprint density at radius 1 is 1.25 bits per heavy atom. The number of amides is 3. The van der Waals surface area contributed by atoms with Crippen molar-refractivity contribution in [2.45, 2.75) is 26.2 Å². The Bertz CT molecular complexity index is 618. The van der Waals surface area contributed by atoms with Gasteiger partial charge >= 0.3 is 0 Å². The van der Waals surface area contributed by atoms with Crippen molar-refractivity contribution in [3.8, 4) is 0 Å². The monoisotopic (exact) mass is 351 g/mol. The molecular formula is C17H22ClN3O3. The van der Waals surface area contributed by atoms with E-state index in [-0.39, 0.29) is 37.5 Å². The van der Waals surface area contributed by atoms with Crippen LogP contribution in [0.5, 0.6) is 0 Å². The second-order valence-corrected chi connectivity index (χ2v) is 6.32. The quantitative estimate of drug-likeness (QED) is 0.788. The molecule has 0 aromatic heterocycles. The minimum absolute atomic E-state index is 0.00964. The van der Waals surface area contributed by atoms with E-state index in [1.165, 1.54) is 14.7 Å². The summed E-state index contributed by atoms with van der Waals surface area (Å²) in [6.45, 7) is 2.22. The van der Waals surface area contributed by atoms with Crippen molar-refractivity contribution in [3.05, 3.63) is 29.3 Å². The van der Waals surface area contributed by atoms with Crippen LogP contribution >= 0.6 is 11.6 Å². The summed E-state index contributed by atoms with van der Waals surface area (Å²) in [7, 11) is 1.62. The van der Waals surface area contributed by atoms with Gasteiger partial charge in [-0.3, -0.25) is 19.3 Å². The van der Waals surface area contributed by atoms with Gasteiger partial charge in [0.05, 0.1) is 6.54 Å². The van der Waals surface area contributed by atoms with Crippen LogP contribution in [-0.4, -0.2) is 54.3 Å². The topological polar surface area (TPSA) is 60.9 Å². The van der Waals surface area contributed by atoms with Gasteiger partial charge in [0.15, 0.2) is 0 Å². The largest absolute Gasteiger partial charge is 0.336 e. The van der Waals surface area contributed by atoms with Gasteiger partial charge in [0.2, 0.25) is 17.7 Å². The first-order chi connectivity index (χ1) is 11.4. The van der Waals surface area contributed by atoms with Crippen molar-refractivity contribution >= 4 is 35.0 Å². The number of nitrogens with zero attached hydrogens (tertiary/aromatic N) is 3. The predicted molar refractivity (Wildman–Crippen MR) is 92.7 cm³/mol. The molecule has 1 heterocycles. The molecule has 1 aromatic rings. The standard InChI is InChI=1S/C17H22ClN3O3/c1-3-4-5-15(22)19(2)10-16(23)20-11-17(24)21(12-20)14-8-6-13(18)7-9-14/h6-9H,3-5,10-12H2,1-2H3. The highest BCUT2D eigenvalue weighted by Gasteiger charge is 2.32. The van der Waals surface area contributed by atoms with Crippen molar-refractivity contribution in [1.82, 2.24) is 9.80 Å². The summed E-state index contributed by atoms with van der Waals surface area (Å²) in [5, 5.41) is 0.588. The van der Waals surface area contributed by atoms with E-state index in [9.17, 15) is 14.4 Å². The number of unbranched alkanes of at least 4 members (excludes halogenated alkanes) is 1. The highest BCUT2D eigenvalue weighted by Crippen LogP contribution is 2.21. The zero-order valence-electron chi connectivity index (χ0n) is 14.0. The van der Waals surface area contributed by atoms with E-state index in [0.29, 0.717) is 17.1 Å². The molecule has 1 fully saturated rings. The molecule has 24 heavy (non-hydrogen) atoms. The van der Waals surface area contributed by atoms with E-state index in [4.69, 9.17) is 11.6 Å². The van der Waals surface area contributed by atoms with Gasteiger partial charge < -0.3 is 9.80 Å². The fraction of sp³-hybridized carbons (Fsp3) is 0.471. The van der Waals surface area contributed by atoms with E-state index >= 15 is 0 Å². The van der Waals surface area contributed by atoms with Gasteiger partial charge in [0, 0.05) is 24.2 Å². The van der Waals surface area contributed by atoms with Crippen LogP contribution in [0.3, 0.4) is 0 Å². The lowest BCUT2D eigenvalue weighted by Crippen LogP contribution is -2.40. The first kappa shape index (κ1) is 18.3. The Kier molecular flexibility index (Phi) is 6.20. The molecule has 1 aromatic carbocycles. The molecule has 130 valence electrons. The highest BCUT2D eigenvalue weighted by atomic mass is 35.5. The first-order valence-corrected chi connectivity index (χ1v) is 8.38. The van der Waals surface area contributed by atoms with Crippen LogP contribution in [0.4, 0.5) is 5.69 Å². The molecule has 0 saturated carbocycles. The van der Waals surface area contributed by atoms with Gasteiger partial charge in [-0.2, -0.15) is 0 Å². The molecule has 0 bridgehead atoms. The molecular weight excluding hydrogens is 330 g/mol. The number of hydrogen-bond acceptors (Lipinski definition) is 3. The minimum atomic E-state index is -0.229.